The lowest BCUT2D eigenvalue weighted by molar-refractivity contribution is 0.0958. The number of Topliss-reactive ketones (excluding diaryl/α,β-unsaturated/α-hetero) is 1. The zero-order valence-corrected chi connectivity index (χ0v) is 11.7. The third kappa shape index (κ3) is 3.84. The van der Waals surface area contributed by atoms with Gasteiger partial charge in [0.05, 0.1) is 13.3 Å². The van der Waals surface area contributed by atoms with Crippen molar-refractivity contribution in [1.82, 2.24) is 9.78 Å². The third-order valence-corrected chi connectivity index (χ3v) is 2.72. The van der Waals surface area contributed by atoms with Crippen LogP contribution in [-0.4, -0.2) is 28.2 Å². The Balaban J connectivity index is 2.85. The maximum Gasteiger partial charge on any atom is 0.184 e. The van der Waals surface area contributed by atoms with Gasteiger partial charge in [-0.1, -0.05) is 6.92 Å². The number of rotatable bonds is 7. The third-order valence-electron chi connectivity index (χ3n) is 2.72. The molecule has 1 aromatic rings. The van der Waals surface area contributed by atoms with Gasteiger partial charge < -0.3 is 10.5 Å². The number of carbonyl (C=O) groups excluding carboxylic acids is 1. The summed E-state index contributed by atoms with van der Waals surface area (Å²) < 4.78 is 6.90. The van der Waals surface area contributed by atoms with E-state index in [1.807, 2.05) is 20.8 Å². The van der Waals surface area contributed by atoms with Gasteiger partial charge in [0.2, 0.25) is 0 Å². The average molecular weight is 253 g/mol. The Morgan fingerprint density at radius 3 is 2.72 bits per heavy atom. The lowest BCUT2D eigenvalue weighted by Gasteiger charge is -2.17. The molecular formula is C13H23N3O2. The number of ketones is 1. The number of carbonyl (C=O) groups is 1. The molecule has 5 heteroatoms. The Kier molecular flexibility index (Phi) is 4.90. The minimum absolute atomic E-state index is 0.0383. The second-order valence-corrected chi connectivity index (χ2v) is 5.20. The molecule has 0 radical (unpaired) electrons. The van der Waals surface area contributed by atoms with Gasteiger partial charge in [-0.3, -0.25) is 9.48 Å². The molecule has 0 saturated heterocycles. The summed E-state index contributed by atoms with van der Waals surface area (Å²) in [4.78, 5) is 12.2. The number of aromatic nitrogens is 2. The zero-order chi connectivity index (χ0) is 13.8. The lowest BCUT2D eigenvalue weighted by atomic mass is 9.97. The molecule has 2 N–H and O–H groups in total. The van der Waals surface area contributed by atoms with E-state index in [-0.39, 0.29) is 11.3 Å². The van der Waals surface area contributed by atoms with Crippen LogP contribution in [0.2, 0.25) is 0 Å². The summed E-state index contributed by atoms with van der Waals surface area (Å²) in [5, 5.41) is 4.18. The van der Waals surface area contributed by atoms with Gasteiger partial charge in [0.25, 0.3) is 0 Å². The van der Waals surface area contributed by atoms with Gasteiger partial charge in [0.15, 0.2) is 11.5 Å². The van der Waals surface area contributed by atoms with E-state index in [0.29, 0.717) is 24.3 Å². The van der Waals surface area contributed by atoms with E-state index in [1.165, 1.54) is 0 Å². The molecule has 0 aliphatic heterocycles. The fourth-order valence-electron chi connectivity index (χ4n) is 1.73. The van der Waals surface area contributed by atoms with Crippen LogP contribution in [0.15, 0.2) is 6.20 Å². The Hall–Kier alpha value is -1.36. The number of hydrogen-bond acceptors (Lipinski definition) is 4. The lowest BCUT2D eigenvalue weighted by Crippen LogP contribution is -2.32. The van der Waals surface area contributed by atoms with Crippen molar-refractivity contribution in [3.63, 3.8) is 0 Å². The van der Waals surface area contributed by atoms with E-state index >= 15 is 0 Å². The standard InChI is InChI=1S/C13H23N3O2/c1-5-8-16-12(11(18-4)9-15-16)10(17)6-7-13(2,3)14/h9H,5-8,14H2,1-4H3. The summed E-state index contributed by atoms with van der Waals surface area (Å²) in [6.45, 7) is 6.60. The zero-order valence-electron chi connectivity index (χ0n) is 11.7. The largest absolute Gasteiger partial charge is 0.493 e. The highest BCUT2D eigenvalue weighted by Gasteiger charge is 2.21. The minimum atomic E-state index is -0.335. The fraction of sp³-hybridized carbons (Fsp3) is 0.692. The van der Waals surface area contributed by atoms with E-state index < -0.39 is 0 Å². The number of nitrogens with zero attached hydrogens (tertiary/aromatic N) is 2. The number of hydrogen-bond donors (Lipinski definition) is 1. The molecule has 0 aliphatic carbocycles. The molecule has 102 valence electrons. The monoisotopic (exact) mass is 253 g/mol. The van der Waals surface area contributed by atoms with Crippen molar-refractivity contribution in [2.24, 2.45) is 5.73 Å². The van der Waals surface area contributed by atoms with Gasteiger partial charge >= 0.3 is 0 Å². The van der Waals surface area contributed by atoms with Gasteiger partial charge in [0.1, 0.15) is 5.69 Å². The molecule has 1 rings (SSSR count). The van der Waals surface area contributed by atoms with Crippen LogP contribution >= 0.6 is 0 Å². The molecule has 0 saturated carbocycles. The first kappa shape index (κ1) is 14.7. The normalized spacial score (nSPS) is 11.6. The van der Waals surface area contributed by atoms with E-state index in [2.05, 4.69) is 5.10 Å². The van der Waals surface area contributed by atoms with Crippen molar-refractivity contribution < 1.29 is 9.53 Å². The predicted octanol–water partition coefficient (Wildman–Crippen LogP) is 2.00. The summed E-state index contributed by atoms with van der Waals surface area (Å²) in [6.07, 6.45) is 3.57. The average Bonchev–Trinajstić information content (AvgIpc) is 2.68. The van der Waals surface area contributed by atoms with Crippen molar-refractivity contribution in [3.8, 4) is 5.75 Å². The quantitative estimate of drug-likeness (QED) is 0.754. The molecule has 0 aliphatic rings. The van der Waals surface area contributed by atoms with Gasteiger partial charge in [-0.05, 0) is 26.7 Å². The molecule has 0 unspecified atom stereocenters. The molecule has 0 spiro atoms. The molecule has 0 aromatic carbocycles. The first-order chi connectivity index (χ1) is 8.39. The van der Waals surface area contributed by atoms with Gasteiger partial charge in [-0.2, -0.15) is 5.10 Å². The number of ether oxygens (including phenoxy) is 1. The molecule has 18 heavy (non-hydrogen) atoms. The molecule has 5 nitrogen and oxygen atoms in total. The smallest absolute Gasteiger partial charge is 0.184 e. The molecular weight excluding hydrogens is 230 g/mol. The fourth-order valence-corrected chi connectivity index (χ4v) is 1.73. The Bertz CT molecular complexity index is 405. The maximum atomic E-state index is 12.2. The van der Waals surface area contributed by atoms with Crippen LogP contribution in [0.1, 0.15) is 50.5 Å². The van der Waals surface area contributed by atoms with Crippen LogP contribution in [0.5, 0.6) is 5.75 Å². The Morgan fingerprint density at radius 2 is 2.22 bits per heavy atom. The van der Waals surface area contributed by atoms with Crippen molar-refractivity contribution in [1.29, 1.82) is 0 Å². The highest BCUT2D eigenvalue weighted by molar-refractivity contribution is 5.97. The molecule has 0 amide bonds. The summed E-state index contributed by atoms with van der Waals surface area (Å²) in [6, 6.07) is 0. The summed E-state index contributed by atoms with van der Waals surface area (Å²) >= 11 is 0. The maximum absolute atomic E-state index is 12.2. The number of aryl methyl sites for hydroxylation is 1. The SMILES string of the molecule is CCCn1ncc(OC)c1C(=O)CCC(C)(C)N. The second-order valence-electron chi connectivity index (χ2n) is 5.20. The molecule has 1 heterocycles. The van der Waals surface area contributed by atoms with Crippen molar-refractivity contribution in [2.45, 2.75) is 52.1 Å². The van der Waals surface area contributed by atoms with Crippen molar-refractivity contribution in [3.05, 3.63) is 11.9 Å². The second kappa shape index (κ2) is 6.00. The molecule has 0 atom stereocenters. The van der Waals surface area contributed by atoms with E-state index in [1.54, 1.807) is 18.0 Å². The number of nitrogens with two attached hydrogens (primary N) is 1. The summed E-state index contributed by atoms with van der Waals surface area (Å²) in [7, 11) is 1.55. The molecule has 0 bridgehead atoms. The topological polar surface area (TPSA) is 70.1 Å². The first-order valence-electron chi connectivity index (χ1n) is 6.31. The van der Waals surface area contributed by atoms with E-state index in [9.17, 15) is 4.79 Å². The highest BCUT2D eigenvalue weighted by atomic mass is 16.5. The van der Waals surface area contributed by atoms with Crippen LogP contribution in [0, 0.1) is 0 Å². The minimum Gasteiger partial charge on any atom is -0.493 e. The van der Waals surface area contributed by atoms with Crippen molar-refractivity contribution >= 4 is 5.78 Å². The van der Waals surface area contributed by atoms with Crippen LogP contribution in [-0.2, 0) is 6.54 Å². The first-order valence-corrected chi connectivity index (χ1v) is 6.31. The summed E-state index contributed by atoms with van der Waals surface area (Å²) in [5.41, 5.74) is 6.12. The van der Waals surface area contributed by atoms with Crippen LogP contribution in [0.25, 0.3) is 0 Å². The van der Waals surface area contributed by atoms with E-state index in [4.69, 9.17) is 10.5 Å². The van der Waals surface area contributed by atoms with Crippen LogP contribution in [0.3, 0.4) is 0 Å². The van der Waals surface area contributed by atoms with Crippen LogP contribution in [0.4, 0.5) is 0 Å². The number of methoxy groups -OCH3 is 1. The Morgan fingerprint density at radius 1 is 1.56 bits per heavy atom. The van der Waals surface area contributed by atoms with Gasteiger partial charge in [-0.15, -0.1) is 0 Å². The molecule has 1 aromatic heterocycles. The predicted molar refractivity (Wildman–Crippen MR) is 70.9 cm³/mol. The highest BCUT2D eigenvalue weighted by Crippen LogP contribution is 2.21. The summed E-state index contributed by atoms with van der Waals surface area (Å²) in [5.74, 6) is 0.583. The van der Waals surface area contributed by atoms with Crippen LogP contribution < -0.4 is 10.5 Å². The van der Waals surface area contributed by atoms with E-state index in [0.717, 1.165) is 13.0 Å². The van der Waals surface area contributed by atoms with Gasteiger partial charge in [-0.25, -0.2) is 0 Å². The van der Waals surface area contributed by atoms with Crippen molar-refractivity contribution in [2.75, 3.05) is 7.11 Å². The van der Waals surface area contributed by atoms with Gasteiger partial charge in [0, 0.05) is 18.5 Å². The molecule has 0 fully saturated rings. The Labute approximate surface area is 108 Å².